The third kappa shape index (κ3) is 3.33. The summed E-state index contributed by atoms with van der Waals surface area (Å²) in [5.74, 6) is -1.14. The summed E-state index contributed by atoms with van der Waals surface area (Å²) in [6, 6.07) is 6.12. The number of aliphatic hydroxyl groups is 1. The minimum absolute atomic E-state index is 0.00321. The topological polar surface area (TPSA) is 89.9 Å². The molecule has 1 unspecified atom stereocenters. The molecule has 21 heavy (non-hydrogen) atoms. The van der Waals surface area contributed by atoms with Gasteiger partial charge in [0.1, 0.15) is 6.04 Å². The molecule has 0 spiro atoms. The third-order valence-corrected chi connectivity index (χ3v) is 3.76. The minimum atomic E-state index is -1.14. The number of anilines is 1. The summed E-state index contributed by atoms with van der Waals surface area (Å²) in [6.07, 6.45) is 1.73. The van der Waals surface area contributed by atoms with E-state index in [1.807, 2.05) is 31.2 Å². The lowest BCUT2D eigenvalue weighted by atomic mass is 9.97. The van der Waals surface area contributed by atoms with E-state index >= 15 is 0 Å². The summed E-state index contributed by atoms with van der Waals surface area (Å²) in [5, 5.41) is 20.4. The predicted octanol–water partition coefficient (Wildman–Crippen LogP) is 1.37. The number of nitrogens with one attached hydrogen (secondary N) is 1. The zero-order chi connectivity index (χ0) is 15.4. The van der Waals surface area contributed by atoms with Crippen LogP contribution in [0.4, 0.5) is 10.5 Å². The number of carbonyl (C=O) groups excluding carboxylic acids is 1. The Bertz CT molecular complexity index is 532. The quantitative estimate of drug-likeness (QED) is 0.782. The monoisotopic (exact) mass is 292 g/mol. The number of urea groups is 1. The lowest BCUT2D eigenvalue weighted by molar-refractivity contribution is -0.139. The fourth-order valence-electron chi connectivity index (χ4n) is 2.60. The Hall–Kier alpha value is -2.08. The average molecular weight is 292 g/mol. The number of nitrogens with zero attached hydrogens (tertiary/aromatic N) is 1. The molecule has 6 heteroatoms. The van der Waals surface area contributed by atoms with Crippen molar-refractivity contribution in [3.8, 4) is 0 Å². The molecule has 2 amide bonds. The van der Waals surface area contributed by atoms with Crippen LogP contribution >= 0.6 is 0 Å². The van der Waals surface area contributed by atoms with Crippen LogP contribution in [0.5, 0.6) is 0 Å². The van der Waals surface area contributed by atoms with Crippen LogP contribution in [-0.4, -0.2) is 40.9 Å². The highest BCUT2D eigenvalue weighted by Crippen LogP contribution is 2.30. The molecular formula is C15H20N2O4. The number of hydrogen-bond donors (Lipinski definition) is 3. The second-order valence-electron chi connectivity index (χ2n) is 5.24. The first-order valence-electron chi connectivity index (χ1n) is 7.06. The molecule has 1 heterocycles. The molecule has 2 rings (SSSR count). The molecule has 1 aliphatic heterocycles. The number of fused-ring (bicyclic) bond motifs is 1. The molecule has 0 fully saturated rings. The van der Waals surface area contributed by atoms with Gasteiger partial charge in [0.2, 0.25) is 0 Å². The fraction of sp³-hybridized carbons (Fsp3) is 0.467. The van der Waals surface area contributed by atoms with Gasteiger partial charge in [-0.2, -0.15) is 0 Å². The zero-order valence-corrected chi connectivity index (χ0v) is 12.0. The van der Waals surface area contributed by atoms with Crippen molar-refractivity contribution < 1.29 is 19.8 Å². The molecule has 1 aromatic rings. The number of aryl methyl sites for hydroxylation is 1. The highest BCUT2D eigenvalue weighted by molar-refractivity contribution is 5.96. The highest BCUT2D eigenvalue weighted by Gasteiger charge is 2.30. The lowest BCUT2D eigenvalue weighted by Gasteiger charge is -2.35. The van der Waals surface area contributed by atoms with Gasteiger partial charge in [-0.25, -0.2) is 9.59 Å². The Labute approximate surface area is 123 Å². The van der Waals surface area contributed by atoms with Gasteiger partial charge in [-0.05, 0) is 31.4 Å². The zero-order valence-electron chi connectivity index (χ0n) is 12.0. The van der Waals surface area contributed by atoms with Gasteiger partial charge in [-0.3, -0.25) is 4.90 Å². The Morgan fingerprint density at radius 2 is 2.14 bits per heavy atom. The molecule has 114 valence electrons. The standard InChI is InChI=1S/C15H20N2O4/c1-10-6-7-11-4-2-3-5-13(11)17(10)15(21)16-12(8-9-18)14(19)20/h2-5,10,12,18H,6-9H2,1H3,(H,16,21)(H,19,20)/t10?,12-/m0/s1. The van der Waals surface area contributed by atoms with E-state index in [-0.39, 0.29) is 19.1 Å². The van der Waals surface area contributed by atoms with Gasteiger partial charge in [0.25, 0.3) is 0 Å². The molecule has 0 bridgehead atoms. The van der Waals surface area contributed by atoms with E-state index in [0.29, 0.717) is 0 Å². The van der Waals surface area contributed by atoms with Gasteiger partial charge in [0.15, 0.2) is 0 Å². The first-order chi connectivity index (χ1) is 10.0. The third-order valence-electron chi connectivity index (χ3n) is 3.76. The van der Waals surface area contributed by atoms with E-state index in [1.165, 1.54) is 0 Å². The molecular weight excluding hydrogens is 272 g/mol. The Kier molecular flexibility index (Phi) is 4.80. The number of carboxylic acid groups (broad SMARTS) is 1. The normalized spacial score (nSPS) is 18.8. The summed E-state index contributed by atoms with van der Waals surface area (Å²) < 4.78 is 0. The molecule has 0 radical (unpaired) electrons. The van der Waals surface area contributed by atoms with Crippen LogP contribution in [0.1, 0.15) is 25.3 Å². The maximum Gasteiger partial charge on any atom is 0.326 e. The fourth-order valence-corrected chi connectivity index (χ4v) is 2.60. The summed E-state index contributed by atoms with van der Waals surface area (Å²) in [7, 11) is 0. The van der Waals surface area contributed by atoms with Crippen molar-refractivity contribution in [1.29, 1.82) is 0 Å². The molecule has 2 atom stereocenters. The predicted molar refractivity (Wildman–Crippen MR) is 78.4 cm³/mol. The van der Waals surface area contributed by atoms with Gasteiger partial charge in [0.05, 0.1) is 0 Å². The van der Waals surface area contributed by atoms with E-state index in [9.17, 15) is 9.59 Å². The smallest absolute Gasteiger partial charge is 0.326 e. The van der Waals surface area contributed by atoms with E-state index < -0.39 is 18.0 Å². The Balaban J connectivity index is 2.20. The van der Waals surface area contributed by atoms with Gasteiger partial charge in [-0.1, -0.05) is 18.2 Å². The SMILES string of the molecule is CC1CCc2ccccc2N1C(=O)N[C@@H](CCO)C(=O)O. The number of aliphatic hydroxyl groups excluding tert-OH is 1. The number of benzene rings is 1. The first kappa shape index (κ1) is 15.3. The number of hydrogen-bond acceptors (Lipinski definition) is 3. The average Bonchev–Trinajstić information content (AvgIpc) is 2.46. The summed E-state index contributed by atoms with van der Waals surface area (Å²) in [6.45, 7) is 1.65. The van der Waals surface area contributed by atoms with Gasteiger partial charge < -0.3 is 15.5 Å². The second-order valence-corrected chi connectivity index (χ2v) is 5.24. The maximum absolute atomic E-state index is 12.4. The minimum Gasteiger partial charge on any atom is -0.480 e. The Morgan fingerprint density at radius 1 is 1.43 bits per heavy atom. The van der Waals surface area contributed by atoms with Crippen molar-refractivity contribution >= 4 is 17.7 Å². The van der Waals surface area contributed by atoms with Crippen LogP contribution in [0.2, 0.25) is 0 Å². The number of amides is 2. The summed E-state index contributed by atoms with van der Waals surface area (Å²) >= 11 is 0. The van der Waals surface area contributed by atoms with E-state index in [0.717, 1.165) is 24.1 Å². The van der Waals surface area contributed by atoms with Crippen molar-refractivity contribution in [2.45, 2.75) is 38.3 Å². The largest absolute Gasteiger partial charge is 0.480 e. The summed E-state index contributed by atoms with van der Waals surface area (Å²) in [4.78, 5) is 25.1. The summed E-state index contributed by atoms with van der Waals surface area (Å²) in [5.41, 5.74) is 1.90. The highest BCUT2D eigenvalue weighted by atomic mass is 16.4. The molecule has 0 aromatic heterocycles. The molecule has 0 saturated heterocycles. The number of rotatable bonds is 4. The van der Waals surface area contributed by atoms with Crippen LogP contribution in [0.15, 0.2) is 24.3 Å². The number of carboxylic acids is 1. The number of aliphatic carboxylic acids is 1. The van der Waals surface area contributed by atoms with Crippen molar-refractivity contribution in [1.82, 2.24) is 5.32 Å². The van der Waals surface area contributed by atoms with Gasteiger partial charge in [-0.15, -0.1) is 0 Å². The van der Waals surface area contributed by atoms with Gasteiger partial charge >= 0.3 is 12.0 Å². The van der Waals surface area contributed by atoms with E-state index in [4.69, 9.17) is 10.2 Å². The maximum atomic E-state index is 12.4. The molecule has 3 N–H and O–H groups in total. The van der Waals surface area contributed by atoms with Crippen LogP contribution < -0.4 is 10.2 Å². The Morgan fingerprint density at radius 3 is 2.81 bits per heavy atom. The number of para-hydroxylation sites is 1. The molecule has 0 saturated carbocycles. The first-order valence-corrected chi connectivity index (χ1v) is 7.06. The number of carbonyl (C=O) groups is 2. The van der Waals surface area contributed by atoms with Crippen molar-refractivity contribution in [3.05, 3.63) is 29.8 Å². The van der Waals surface area contributed by atoms with Crippen molar-refractivity contribution in [2.75, 3.05) is 11.5 Å². The lowest BCUT2D eigenvalue weighted by Crippen LogP contribution is -2.52. The van der Waals surface area contributed by atoms with E-state index in [2.05, 4.69) is 5.32 Å². The molecule has 0 aliphatic carbocycles. The van der Waals surface area contributed by atoms with Crippen LogP contribution in [0, 0.1) is 0 Å². The van der Waals surface area contributed by atoms with E-state index in [1.54, 1.807) is 4.90 Å². The second kappa shape index (κ2) is 6.58. The molecule has 1 aromatic carbocycles. The molecule has 1 aliphatic rings. The van der Waals surface area contributed by atoms with Crippen molar-refractivity contribution in [3.63, 3.8) is 0 Å². The van der Waals surface area contributed by atoms with Crippen LogP contribution in [0.3, 0.4) is 0 Å². The van der Waals surface area contributed by atoms with Gasteiger partial charge in [0, 0.05) is 24.8 Å². The van der Waals surface area contributed by atoms with Crippen LogP contribution in [0.25, 0.3) is 0 Å². The van der Waals surface area contributed by atoms with Crippen LogP contribution in [-0.2, 0) is 11.2 Å². The molecule has 6 nitrogen and oxygen atoms in total. The van der Waals surface area contributed by atoms with Crippen molar-refractivity contribution in [2.24, 2.45) is 0 Å².